The zero-order chi connectivity index (χ0) is 9.64. The van der Waals surface area contributed by atoms with Crippen molar-refractivity contribution in [2.24, 2.45) is 4.99 Å². The predicted molar refractivity (Wildman–Crippen MR) is 62.1 cm³/mol. The van der Waals surface area contributed by atoms with Gasteiger partial charge in [0.25, 0.3) is 0 Å². The van der Waals surface area contributed by atoms with E-state index in [-0.39, 0.29) is 0 Å². The summed E-state index contributed by atoms with van der Waals surface area (Å²) in [4.78, 5) is 4.37. The molecule has 0 bridgehead atoms. The molecule has 0 unspecified atom stereocenters. The molecule has 0 aliphatic heterocycles. The molecule has 0 saturated carbocycles. The van der Waals surface area contributed by atoms with Gasteiger partial charge in [0.05, 0.1) is 6.54 Å². The van der Waals surface area contributed by atoms with Crippen molar-refractivity contribution in [3.05, 3.63) is 58.3 Å². The van der Waals surface area contributed by atoms with E-state index >= 15 is 0 Å². The van der Waals surface area contributed by atoms with Crippen molar-refractivity contribution < 1.29 is 0 Å². The first-order chi connectivity index (χ1) is 6.95. The van der Waals surface area contributed by atoms with E-state index in [1.807, 2.05) is 24.4 Å². The first kappa shape index (κ1) is 9.16. The Kier molecular flexibility index (Phi) is 3.09. The van der Waals surface area contributed by atoms with Gasteiger partial charge in [0.15, 0.2) is 0 Å². The fourth-order valence-electron chi connectivity index (χ4n) is 1.19. The van der Waals surface area contributed by atoms with E-state index in [0.29, 0.717) is 0 Å². The second-order valence-corrected chi connectivity index (χ2v) is 3.79. The van der Waals surface area contributed by atoms with Crippen molar-refractivity contribution in [3.8, 4) is 0 Å². The third-order valence-electron chi connectivity index (χ3n) is 1.90. The summed E-state index contributed by atoms with van der Waals surface area (Å²) in [5.74, 6) is 0. The number of hydrogen-bond acceptors (Lipinski definition) is 2. The molecule has 1 aromatic heterocycles. The van der Waals surface area contributed by atoms with Gasteiger partial charge >= 0.3 is 0 Å². The van der Waals surface area contributed by atoms with Crippen LogP contribution >= 0.6 is 11.3 Å². The molecular formula is C12H11NS. The summed E-state index contributed by atoms with van der Waals surface area (Å²) >= 11 is 1.69. The van der Waals surface area contributed by atoms with Gasteiger partial charge in [-0.1, -0.05) is 30.3 Å². The van der Waals surface area contributed by atoms with Gasteiger partial charge in [-0.15, -0.1) is 0 Å². The number of aliphatic imine (C=N–C) groups is 1. The normalized spacial score (nSPS) is 10.9. The summed E-state index contributed by atoms with van der Waals surface area (Å²) in [6, 6.07) is 12.3. The van der Waals surface area contributed by atoms with Crippen LogP contribution in [0.1, 0.15) is 11.1 Å². The van der Waals surface area contributed by atoms with E-state index in [2.05, 4.69) is 34.0 Å². The lowest BCUT2D eigenvalue weighted by Crippen LogP contribution is -1.81. The summed E-state index contributed by atoms with van der Waals surface area (Å²) in [7, 11) is 0. The molecule has 0 radical (unpaired) electrons. The molecular weight excluding hydrogens is 190 g/mol. The Labute approximate surface area is 87.8 Å². The Hall–Kier alpha value is -1.41. The van der Waals surface area contributed by atoms with E-state index < -0.39 is 0 Å². The van der Waals surface area contributed by atoms with E-state index in [0.717, 1.165) is 6.54 Å². The summed E-state index contributed by atoms with van der Waals surface area (Å²) in [6.45, 7) is 0.761. The molecule has 2 aromatic rings. The van der Waals surface area contributed by atoms with Crippen molar-refractivity contribution in [2.45, 2.75) is 6.54 Å². The number of thiophene rings is 1. The Bertz CT molecular complexity index is 390. The highest BCUT2D eigenvalue weighted by molar-refractivity contribution is 7.08. The van der Waals surface area contributed by atoms with E-state index in [4.69, 9.17) is 0 Å². The Morgan fingerprint density at radius 2 is 2.00 bits per heavy atom. The fraction of sp³-hybridized carbons (Fsp3) is 0.0833. The zero-order valence-electron chi connectivity index (χ0n) is 7.76. The lowest BCUT2D eigenvalue weighted by molar-refractivity contribution is 1.08. The Balaban J connectivity index is 1.95. The molecule has 0 amide bonds. The van der Waals surface area contributed by atoms with Gasteiger partial charge in [0.1, 0.15) is 0 Å². The summed E-state index contributed by atoms with van der Waals surface area (Å²) in [5, 5.41) is 4.15. The van der Waals surface area contributed by atoms with Gasteiger partial charge in [-0.25, -0.2) is 0 Å². The number of nitrogens with zero attached hydrogens (tertiary/aromatic N) is 1. The molecule has 0 spiro atoms. The summed E-state index contributed by atoms with van der Waals surface area (Å²) in [5.41, 5.74) is 2.44. The Morgan fingerprint density at radius 3 is 2.71 bits per heavy atom. The van der Waals surface area contributed by atoms with Crippen LogP contribution in [-0.4, -0.2) is 6.21 Å². The number of hydrogen-bond donors (Lipinski definition) is 0. The molecule has 0 saturated heterocycles. The molecule has 1 nitrogen and oxygen atoms in total. The first-order valence-corrected chi connectivity index (χ1v) is 5.45. The molecule has 0 aliphatic carbocycles. The maximum Gasteiger partial charge on any atom is 0.0639 e. The minimum absolute atomic E-state index is 0.761. The van der Waals surface area contributed by atoms with Crippen molar-refractivity contribution in [1.82, 2.24) is 0 Å². The van der Waals surface area contributed by atoms with E-state index in [1.165, 1.54) is 11.1 Å². The topological polar surface area (TPSA) is 12.4 Å². The van der Waals surface area contributed by atoms with Gasteiger partial charge in [0, 0.05) is 11.8 Å². The Morgan fingerprint density at radius 1 is 1.14 bits per heavy atom. The third-order valence-corrected chi connectivity index (χ3v) is 2.60. The molecule has 0 N–H and O–H groups in total. The third kappa shape index (κ3) is 2.54. The van der Waals surface area contributed by atoms with Gasteiger partial charge in [-0.3, -0.25) is 4.99 Å². The molecule has 1 heterocycles. The van der Waals surface area contributed by atoms with Gasteiger partial charge in [-0.2, -0.15) is 11.3 Å². The molecule has 0 aliphatic rings. The highest BCUT2D eigenvalue weighted by atomic mass is 32.1. The smallest absolute Gasteiger partial charge is 0.0639 e. The average molecular weight is 201 g/mol. The monoisotopic (exact) mass is 201 g/mol. The van der Waals surface area contributed by atoms with Crippen LogP contribution in [0.4, 0.5) is 0 Å². The average Bonchev–Trinajstić information content (AvgIpc) is 2.72. The van der Waals surface area contributed by atoms with Crippen molar-refractivity contribution >= 4 is 17.6 Å². The SMILES string of the molecule is C(=NCc1ccccc1)c1ccsc1. The van der Waals surface area contributed by atoms with Crippen molar-refractivity contribution in [2.75, 3.05) is 0 Å². The minimum atomic E-state index is 0.761. The first-order valence-electron chi connectivity index (χ1n) is 4.51. The molecule has 2 heteroatoms. The van der Waals surface area contributed by atoms with E-state index in [9.17, 15) is 0 Å². The van der Waals surface area contributed by atoms with Crippen molar-refractivity contribution in [3.63, 3.8) is 0 Å². The molecule has 1 aromatic carbocycles. The van der Waals surface area contributed by atoms with Crippen LogP contribution in [-0.2, 0) is 6.54 Å². The molecule has 70 valence electrons. The van der Waals surface area contributed by atoms with Crippen LogP contribution in [0.2, 0.25) is 0 Å². The maximum absolute atomic E-state index is 4.37. The van der Waals surface area contributed by atoms with Gasteiger partial charge < -0.3 is 0 Å². The van der Waals surface area contributed by atoms with Gasteiger partial charge in [-0.05, 0) is 22.4 Å². The lowest BCUT2D eigenvalue weighted by Gasteiger charge is -1.93. The summed E-state index contributed by atoms with van der Waals surface area (Å²) in [6.07, 6.45) is 1.92. The van der Waals surface area contributed by atoms with Crippen molar-refractivity contribution in [1.29, 1.82) is 0 Å². The molecule has 14 heavy (non-hydrogen) atoms. The van der Waals surface area contributed by atoms with Crippen LogP contribution in [0.3, 0.4) is 0 Å². The van der Waals surface area contributed by atoms with Crippen LogP contribution in [0.5, 0.6) is 0 Å². The zero-order valence-corrected chi connectivity index (χ0v) is 8.58. The van der Waals surface area contributed by atoms with Crippen LogP contribution in [0.15, 0.2) is 52.2 Å². The molecule has 0 atom stereocenters. The number of rotatable bonds is 3. The quantitative estimate of drug-likeness (QED) is 0.675. The molecule has 0 fully saturated rings. The van der Waals surface area contributed by atoms with Crippen LogP contribution < -0.4 is 0 Å². The highest BCUT2D eigenvalue weighted by Crippen LogP contribution is 2.04. The minimum Gasteiger partial charge on any atom is -0.288 e. The lowest BCUT2D eigenvalue weighted by atomic mass is 10.2. The van der Waals surface area contributed by atoms with E-state index in [1.54, 1.807) is 11.3 Å². The predicted octanol–water partition coefficient (Wildman–Crippen LogP) is 3.37. The molecule has 2 rings (SSSR count). The van der Waals surface area contributed by atoms with Crippen LogP contribution in [0.25, 0.3) is 0 Å². The summed E-state index contributed by atoms with van der Waals surface area (Å²) < 4.78 is 0. The second-order valence-electron chi connectivity index (χ2n) is 3.01. The largest absolute Gasteiger partial charge is 0.288 e. The maximum atomic E-state index is 4.37. The fourth-order valence-corrected chi connectivity index (χ4v) is 1.80. The van der Waals surface area contributed by atoms with Crippen LogP contribution in [0, 0.1) is 0 Å². The van der Waals surface area contributed by atoms with Gasteiger partial charge in [0.2, 0.25) is 0 Å². The highest BCUT2D eigenvalue weighted by Gasteiger charge is 1.88. The number of benzene rings is 1. The standard InChI is InChI=1S/C12H11NS/c1-2-4-11(5-3-1)8-13-9-12-6-7-14-10-12/h1-7,9-10H,8H2. The second kappa shape index (κ2) is 4.72.